The number of nitrogens with zero attached hydrogens (tertiary/aromatic N) is 1. The number of ether oxygens (including phenoxy) is 1. The minimum atomic E-state index is -0.665. The van der Waals surface area contributed by atoms with Crippen LogP contribution in [-0.4, -0.2) is 36.9 Å². The quantitative estimate of drug-likeness (QED) is 0.261. The molecule has 0 bridgehead atoms. The highest BCUT2D eigenvalue weighted by atomic mass is 16.5. The number of nitrogens with one attached hydrogen (secondary N) is 2. The van der Waals surface area contributed by atoms with Crippen LogP contribution in [0.5, 0.6) is 0 Å². The van der Waals surface area contributed by atoms with Crippen LogP contribution in [0.3, 0.4) is 0 Å². The van der Waals surface area contributed by atoms with Gasteiger partial charge in [-0.3, -0.25) is 4.79 Å². The number of carbonyl (C=O) groups excluding carboxylic acids is 2. The lowest BCUT2D eigenvalue weighted by Crippen LogP contribution is -2.33. The minimum Gasteiger partial charge on any atom is -0.467 e. The van der Waals surface area contributed by atoms with Gasteiger partial charge >= 0.3 is 5.97 Å². The van der Waals surface area contributed by atoms with Gasteiger partial charge in [0.15, 0.2) is 5.78 Å². The molecule has 1 unspecified atom stereocenters. The van der Waals surface area contributed by atoms with E-state index in [0.717, 1.165) is 22.6 Å². The molecule has 0 aliphatic heterocycles. The van der Waals surface area contributed by atoms with Gasteiger partial charge in [0, 0.05) is 35.8 Å². The Balaban J connectivity index is 1.55. The molecule has 4 rings (SSSR count). The van der Waals surface area contributed by atoms with E-state index >= 15 is 0 Å². The number of anilines is 2. The van der Waals surface area contributed by atoms with E-state index in [-0.39, 0.29) is 5.78 Å². The van der Waals surface area contributed by atoms with Crippen molar-refractivity contribution >= 4 is 23.3 Å². The predicted octanol–water partition coefficient (Wildman–Crippen LogP) is 5.22. The van der Waals surface area contributed by atoms with Gasteiger partial charge in [0.25, 0.3) is 0 Å². The van der Waals surface area contributed by atoms with E-state index in [1.54, 1.807) is 24.3 Å². The smallest absolute Gasteiger partial charge is 0.328 e. The van der Waals surface area contributed by atoms with E-state index in [1.807, 2.05) is 79.8 Å². The third kappa shape index (κ3) is 5.73. The van der Waals surface area contributed by atoms with E-state index in [2.05, 4.69) is 15.6 Å². The molecule has 0 fully saturated rings. The maximum atomic E-state index is 13.1. The molecule has 3 aromatic carbocycles. The highest BCUT2D eigenvalue weighted by Crippen LogP contribution is 2.23. The van der Waals surface area contributed by atoms with Gasteiger partial charge in [0.2, 0.25) is 0 Å². The lowest BCUT2D eigenvalue weighted by molar-refractivity contribution is -0.141. The van der Waals surface area contributed by atoms with Crippen LogP contribution in [0, 0.1) is 0 Å². The largest absolute Gasteiger partial charge is 0.467 e. The number of methoxy groups -OCH3 is 1. The molecule has 1 atom stereocenters. The molecule has 0 aliphatic rings. The normalized spacial score (nSPS) is 11.4. The van der Waals surface area contributed by atoms with Gasteiger partial charge in [0.1, 0.15) is 11.9 Å². The topological polar surface area (TPSA) is 80.3 Å². The molecule has 1 aromatic heterocycles. The summed E-state index contributed by atoms with van der Waals surface area (Å²) in [6.07, 6.45) is 0.394. The van der Waals surface area contributed by atoms with Crippen molar-refractivity contribution < 1.29 is 14.3 Å². The summed E-state index contributed by atoms with van der Waals surface area (Å²) in [5.74, 6) is 0.280. The van der Waals surface area contributed by atoms with Gasteiger partial charge in [0.05, 0.1) is 12.8 Å². The first-order valence-corrected chi connectivity index (χ1v) is 11.4. The van der Waals surface area contributed by atoms with Crippen molar-refractivity contribution in [2.75, 3.05) is 24.8 Å². The maximum Gasteiger partial charge on any atom is 0.328 e. The van der Waals surface area contributed by atoms with Crippen molar-refractivity contribution in [2.24, 2.45) is 0 Å². The molecule has 1 heterocycles. The van der Waals surface area contributed by atoms with Crippen molar-refractivity contribution in [3.8, 4) is 11.3 Å². The average Bonchev–Trinajstić information content (AvgIpc) is 2.93. The zero-order valence-electron chi connectivity index (χ0n) is 19.7. The summed E-state index contributed by atoms with van der Waals surface area (Å²) in [4.78, 5) is 30.3. The van der Waals surface area contributed by atoms with Crippen LogP contribution in [0.15, 0.2) is 97.1 Å². The molecule has 6 nitrogen and oxygen atoms in total. The molecule has 0 spiro atoms. The fourth-order valence-electron chi connectivity index (χ4n) is 3.86. The summed E-state index contributed by atoms with van der Waals surface area (Å²) in [7, 11) is 3.20. The van der Waals surface area contributed by atoms with Crippen molar-refractivity contribution in [1.82, 2.24) is 4.98 Å². The van der Waals surface area contributed by atoms with Crippen molar-refractivity contribution in [1.29, 1.82) is 0 Å². The summed E-state index contributed by atoms with van der Waals surface area (Å²) in [6.45, 7) is 0. The fraction of sp³-hybridized carbons (Fsp3) is 0.138. The fourth-order valence-corrected chi connectivity index (χ4v) is 3.86. The van der Waals surface area contributed by atoms with Crippen LogP contribution >= 0.6 is 0 Å². The summed E-state index contributed by atoms with van der Waals surface area (Å²) < 4.78 is 5.06. The predicted molar refractivity (Wildman–Crippen MR) is 139 cm³/mol. The molecule has 0 amide bonds. The Labute approximate surface area is 205 Å². The van der Waals surface area contributed by atoms with Crippen LogP contribution < -0.4 is 10.6 Å². The van der Waals surface area contributed by atoms with Crippen molar-refractivity contribution in [3.63, 3.8) is 0 Å². The lowest BCUT2D eigenvalue weighted by atomic mass is 9.99. The second kappa shape index (κ2) is 11.1. The first-order chi connectivity index (χ1) is 17.1. The second-order valence-electron chi connectivity index (χ2n) is 8.02. The number of aromatic nitrogens is 1. The highest BCUT2D eigenvalue weighted by molar-refractivity contribution is 6.12. The summed E-state index contributed by atoms with van der Waals surface area (Å²) in [5, 5.41) is 6.29. The third-order valence-corrected chi connectivity index (χ3v) is 5.72. The molecule has 0 radical (unpaired) electrons. The van der Waals surface area contributed by atoms with Crippen molar-refractivity contribution in [3.05, 3.63) is 114 Å². The summed E-state index contributed by atoms with van der Waals surface area (Å²) in [5.41, 5.74) is 4.46. The van der Waals surface area contributed by atoms with Gasteiger partial charge in [-0.05, 0) is 29.8 Å². The van der Waals surface area contributed by atoms with E-state index in [0.29, 0.717) is 23.2 Å². The monoisotopic (exact) mass is 465 g/mol. The second-order valence-corrected chi connectivity index (χ2v) is 8.02. The Morgan fingerprint density at radius 1 is 0.857 bits per heavy atom. The van der Waals surface area contributed by atoms with Crippen molar-refractivity contribution in [2.45, 2.75) is 12.5 Å². The van der Waals surface area contributed by atoms with Gasteiger partial charge in [-0.1, -0.05) is 72.8 Å². The molecule has 0 aliphatic carbocycles. The Bertz CT molecular complexity index is 1300. The number of hydrogen-bond acceptors (Lipinski definition) is 6. The number of pyridine rings is 1. The Kier molecular flexibility index (Phi) is 7.53. The number of para-hydroxylation sites is 1. The molecule has 0 saturated heterocycles. The van der Waals surface area contributed by atoms with Crippen LogP contribution in [0.2, 0.25) is 0 Å². The van der Waals surface area contributed by atoms with Gasteiger partial charge in [-0.15, -0.1) is 0 Å². The van der Waals surface area contributed by atoms with E-state index in [4.69, 9.17) is 4.74 Å². The van der Waals surface area contributed by atoms with Crippen LogP contribution in [0.25, 0.3) is 11.3 Å². The number of esters is 1. The summed E-state index contributed by atoms with van der Waals surface area (Å²) in [6, 6.07) is 29.3. The zero-order chi connectivity index (χ0) is 24.6. The standard InChI is InChI=1S/C29H27N3O3/c1-30-27-14-8-13-24(32-27)21-17-15-20(16-18-21)19-26(29(34)35-2)31-25-12-7-6-11-23(25)28(33)22-9-4-3-5-10-22/h3-18,26,31H,19H2,1-2H3,(H,30,32). The molecule has 35 heavy (non-hydrogen) atoms. The number of carbonyl (C=O) groups is 2. The number of ketones is 1. The van der Waals surface area contributed by atoms with E-state index < -0.39 is 12.0 Å². The Morgan fingerprint density at radius 3 is 2.29 bits per heavy atom. The SMILES string of the molecule is CNc1cccc(-c2ccc(CC(Nc3ccccc3C(=O)c3ccccc3)C(=O)OC)cc2)n1. The zero-order valence-corrected chi connectivity index (χ0v) is 19.7. The molecule has 2 N–H and O–H groups in total. The number of rotatable bonds is 9. The van der Waals surface area contributed by atoms with Crippen LogP contribution in [0.4, 0.5) is 11.5 Å². The number of benzene rings is 3. The molecule has 0 saturated carbocycles. The van der Waals surface area contributed by atoms with E-state index in [9.17, 15) is 9.59 Å². The first kappa shape index (κ1) is 23.7. The first-order valence-electron chi connectivity index (χ1n) is 11.4. The lowest BCUT2D eigenvalue weighted by Gasteiger charge is -2.20. The Hall–Kier alpha value is -4.45. The molecule has 6 heteroatoms. The Morgan fingerprint density at radius 2 is 1.57 bits per heavy atom. The van der Waals surface area contributed by atoms with Gasteiger partial charge in [-0.25, -0.2) is 9.78 Å². The molecule has 4 aromatic rings. The molecular weight excluding hydrogens is 438 g/mol. The minimum absolute atomic E-state index is 0.113. The molecule has 176 valence electrons. The third-order valence-electron chi connectivity index (χ3n) is 5.72. The summed E-state index contributed by atoms with van der Waals surface area (Å²) >= 11 is 0. The van der Waals surface area contributed by atoms with Gasteiger partial charge in [-0.2, -0.15) is 0 Å². The van der Waals surface area contributed by atoms with Gasteiger partial charge < -0.3 is 15.4 Å². The molecular formula is C29H27N3O3. The maximum absolute atomic E-state index is 13.1. The van der Waals surface area contributed by atoms with E-state index in [1.165, 1.54) is 7.11 Å². The van der Waals surface area contributed by atoms with Crippen LogP contribution in [-0.2, 0) is 16.0 Å². The average molecular weight is 466 g/mol. The number of hydrogen-bond donors (Lipinski definition) is 2. The van der Waals surface area contributed by atoms with Crippen LogP contribution in [0.1, 0.15) is 21.5 Å². The highest BCUT2D eigenvalue weighted by Gasteiger charge is 2.22.